The van der Waals surface area contributed by atoms with E-state index in [2.05, 4.69) is 272 Å². The molecule has 7 saturated heterocycles. The maximum absolute atomic E-state index is 13.0. The van der Waals surface area contributed by atoms with Crippen molar-refractivity contribution < 1.29 is 49.2 Å². The van der Waals surface area contributed by atoms with Crippen molar-refractivity contribution in [3.63, 3.8) is 0 Å². The molecule has 6 aromatic rings. The van der Waals surface area contributed by atoms with Crippen LogP contribution in [0.1, 0.15) is 234 Å². The number of nitrogens with zero attached hydrogens (tertiary/aromatic N) is 8. The number of likely N-dealkylation sites (N-methyl/N-ethyl adjacent to an activating group) is 2. The summed E-state index contributed by atoms with van der Waals surface area (Å²) in [7, 11) is 5.94. The van der Waals surface area contributed by atoms with Crippen LogP contribution in [-0.4, -0.2) is 314 Å². The topological polar surface area (TPSA) is 307 Å². The van der Waals surface area contributed by atoms with Gasteiger partial charge in [-0.2, -0.15) is 0 Å². The van der Waals surface area contributed by atoms with Crippen molar-refractivity contribution in [3.8, 4) is 0 Å². The van der Waals surface area contributed by atoms with Gasteiger partial charge in [0.1, 0.15) is 12.2 Å². The molecule has 7 heterocycles. The first kappa shape index (κ1) is 116. The minimum absolute atomic E-state index is 0.0149. The predicted molar refractivity (Wildman–Crippen MR) is 565 cm³/mol. The number of aliphatic hydroxyl groups excluding tert-OH is 3. The third kappa shape index (κ3) is 38.0. The van der Waals surface area contributed by atoms with Gasteiger partial charge >= 0.3 is 0 Å². The average Bonchev–Trinajstić information content (AvgIpc) is 1.75. The molecule has 139 heavy (non-hydrogen) atoms. The number of benzene rings is 6. The lowest BCUT2D eigenvalue weighted by Crippen LogP contribution is -2.60. The minimum Gasteiger partial charge on any atom is -0.393 e. The van der Waals surface area contributed by atoms with Gasteiger partial charge in [0.15, 0.2) is 6.10 Å². The molecule has 0 spiro atoms. The Morgan fingerprint density at radius 3 is 0.820 bits per heavy atom. The third-order valence-corrected chi connectivity index (χ3v) is 30.1. The van der Waals surface area contributed by atoms with Gasteiger partial charge in [0.05, 0.1) is 25.2 Å². The van der Waals surface area contributed by atoms with Crippen molar-refractivity contribution in [2.75, 3.05) is 126 Å². The molecule has 6 amide bonds. The Bertz CT molecular complexity index is 4510. The fourth-order valence-electron chi connectivity index (χ4n) is 20.8. The number of nitrogens with two attached hydrogens (primary N) is 1. The van der Waals surface area contributed by atoms with E-state index >= 15 is 0 Å². The van der Waals surface area contributed by atoms with Crippen LogP contribution in [0.25, 0.3) is 0 Å². The van der Waals surface area contributed by atoms with Crippen LogP contribution in [0, 0.1) is 5.92 Å². The number of piperidine rings is 6. The molecule has 772 valence electrons. The highest BCUT2D eigenvalue weighted by molar-refractivity contribution is 5.85. The summed E-state index contributed by atoms with van der Waals surface area (Å²) in [4.78, 5) is 93.1. The SMILES string of the molecule is CC(C)C(N)C(=O)NC1(Cc2ccccc2)CCN(C(C)C)CC1.CC(C)N1CCC(Cc2ccccc2)(NC(=O)C(C)(C)O)CC1.CC(C)N1CCC(Cc2ccccc2)(NC(=O)C(O)CO)CC1.CC(C)N1CCC(Cc2ccccc2)(NC(=O)C2CCCN2C)CC1.CC(C)N1CCC(Cc2ccccc2)(NC(=O)CN(C)C)CC1.CC(C)N1CCC(Cc2ccccc2)(NC(=O)CO)CC1. The summed E-state index contributed by atoms with van der Waals surface area (Å²) in [6, 6.07) is 65.1. The molecule has 3 atom stereocenters. The lowest BCUT2D eigenvalue weighted by Gasteiger charge is -2.44. The highest BCUT2D eigenvalue weighted by Gasteiger charge is 2.45. The van der Waals surface area contributed by atoms with Crippen molar-refractivity contribution >= 4 is 35.4 Å². The summed E-state index contributed by atoms with van der Waals surface area (Å²) in [6.45, 7) is 46.2. The lowest BCUT2D eigenvalue weighted by molar-refractivity contribution is -0.139. The van der Waals surface area contributed by atoms with Crippen molar-refractivity contribution in [2.24, 2.45) is 11.7 Å². The van der Waals surface area contributed by atoms with Crippen molar-refractivity contribution in [1.29, 1.82) is 0 Å². The number of carbonyl (C=O) groups is 6. The first-order valence-corrected chi connectivity index (χ1v) is 52.3. The molecule has 12 N–H and O–H groups in total. The number of aliphatic hydroxyl groups is 4. The van der Waals surface area contributed by atoms with E-state index in [1.54, 1.807) is 13.8 Å². The molecular formula is C114H181N15O10. The van der Waals surface area contributed by atoms with Crippen LogP contribution in [0.2, 0.25) is 0 Å². The van der Waals surface area contributed by atoms with E-state index < -0.39 is 36.9 Å². The second kappa shape index (κ2) is 56.0. The Morgan fingerprint density at radius 1 is 0.367 bits per heavy atom. The van der Waals surface area contributed by atoms with Crippen LogP contribution in [0.5, 0.6) is 0 Å². The average molecular weight is 1920 g/mol. The van der Waals surface area contributed by atoms with Gasteiger partial charge < -0.3 is 92.4 Å². The van der Waals surface area contributed by atoms with Gasteiger partial charge in [-0.1, -0.05) is 196 Å². The molecule has 0 aromatic heterocycles. The van der Waals surface area contributed by atoms with Crippen molar-refractivity contribution in [1.82, 2.24) is 71.1 Å². The maximum atomic E-state index is 13.0. The molecule has 25 heteroatoms. The monoisotopic (exact) mass is 1920 g/mol. The van der Waals surface area contributed by atoms with Crippen LogP contribution in [0.4, 0.5) is 0 Å². The highest BCUT2D eigenvalue weighted by atomic mass is 16.3. The number of rotatable bonds is 33. The van der Waals surface area contributed by atoms with Gasteiger partial charge in [-0.15, -0.1) is 0 Å². The van der Waals surface area contributed by atoms with Gasteiger partial charge in [-0.25, -0.2) is 0 Å². The molecule has 7 aliphatic heterocycles. The molecule has 13 rings (SSSR count). The molecule has 6 aromatic carbocycles. The Labute approximate surface area is 836 Å². The number of likely N-dealkylation sites (tertiary alicyclic amines) is 7. The summed E-state index contributed by atoms with van der Waals surface area (Å²) >= 11 is 0. The second-order valence-corrected chi connectivity index (χ2v) is 44.0. The van der Waals surface area contributed by atoms with Gasteiger partial charge in [-0.3, -0.25) is 33.7 Å². The van der Waals surface area contributed by atoms with E-state index in [0.29, 0.717) is 42.8 Å². The van der Waals surface area contributed by atoms with Gasteiger partial charge in [-0.05, 0) is 292 Å². The summed E-state index contributed by atoms with van der Waals surface area (Å²) in [5.74, 6) is -0.553. The summed E-state index contributed by atoms with van der Waals surface area (Å²) < 4.78 is 0. The van der Waals surface area contributed by atoms with Crippen LogP contribution >= 0.6 is 0 Å². The molecule has 3 unspecified atom stereocenters. The van der Waals surface area contributed by atoms with E-state index in [0.717, 1.165) is 213 Å². The zero-order valence-electron chi connectivity index (χ0n) is 88.4. The molecule has 0 aliphatic carbocycles. The Kier molecular flexibility index (Phi) is 46.7. The molecule has 0 radical (unpaired) electrons. The third-order valence-electron chi connectivity index (χ3n) is 30.1. The van der Waals surface area contributed by atoms with Gasteiger partial charge in [0, 0.05) is 148 Å². The Morgan fingerprint density at radius 2 is 0.604 bits per heavy atom. The van der Waals surface area contributed by atoms with E-state index in [1.807, 2.05) is 99.6 Å². The van der Waals surface area contributed by atoms with Crippen molar-refractivity contribution in [2.45, 2.75) is 332 Å². The lowest BCUT2D eigenvalue weighted by atomic mass is 9.81. The summed E-state index contributed by atoms with van der Waals surface area (Å²) in [5, 5.41) is 57.1. The van der Waals surface area contributed by atoms with E-state index in [9.17, 15) is 39.0 Å². The smallest absolute Gasteiger partial charge is 0.251 e. The first-order valence-electron chi connectivity index (χ1n) is 52.3. The molecule has 0 bridgehead atoms. The van der Waals surface area contributed by atoms with Gasteiger partial charge in [0.2, 0.25) is 23.6 Å². The minimum atomic E-state index is -1.36. The van der Waals surface area contributed by atoms with Crippen molar-refractivity contribution in [3.05, 3.63) is 215 Å². The predicted octanol–water partition coefficient (Wildman–Crippen LogP) is 12.3. The molecule has 0 saturated carbocycles. The van der Waals surface area contributed by atoms with E-state index in [4.69, 9.17) is 15.9 Å². The fourth-order valence-corrected chi connectivity index (χ4v) is 20.8. The number of carbonyl (C=O) groups excluding carboxylic acids is 6. The van der Waals surface area contributed by atoms with E-state index in [1.165, 1.54) is 33.4 Å². The number of nitrogens with one attached hydrogen (secondary N) is 6. The molecular weight excluding hydrogens is 1740 g/mol. The summed E-state index contributed by atoms with van der Waals surface area (Å²) in [5.41, 5.74) is 11.0. The zero-order valence-corrected chi connectivity index (χ0v) is 88.4. The second-order valence-electron chi connectivity index (χ2n) is 44.0. The van der Waals surface area contributed by atoms with Crippen LogP contribution < -0.4 is 37.6 Å². The quantitative estimate of drug-likeness (QED) is 0.0182. The standard InChI is InChI=1S/C21H33N3O.C20H33N3O.C19H31N3O.C19H30N2O2.C18H28N2O3.C17H26N2O2/c1-17(2)24-14-11-21(12-15-24,16-18-8-5-4-6-9-18)22-20(25)19-10-7-13-23(19)3;1-15(2)18(21)19(24)22-20(14-17-8-6-5-7-9-17)10-12-23(13-11-20)16(3)4;1-16(2)22-12-10-19(11-13-22,20-18(23)15-21(3)4)14-17-8-6-5-7-9-17;1-15(2)21-12-10-19(11-13-21,20-17(22)18(3,4)23)14-16-8-6-5-7-9-16;1-14(2)20-10-8-18(9-11-20,19-17(23)16(22)13-21)12-15-6-4-3-5-7-15;1-14(2)19-10-8-17(9-11-19,18-16(21)13-20)12-15-6-4-3-5-7-15/h4-6,8-9,17,19H,7,10-16H2,1-3H3,(H,22,25);5-9,15-16,18H,10-14,21H2,1-4H3,(H,22,24);5-9,16H,10-15H2,1-4H3,(H,20,23);5-9,15,23H,10-14H2,1-4H3,(H,20,22);3-7,14,16,21-22H,8-13H2,1-2H3,(H,19,23);3-7,14,20H,8-13H2,1-2H3,(H,18,21). The summed E-state index contributed by atoms with van der Waals surface area (Å²) in [6.07, 6.45) is 17.2. The fraction of sp³-hybridized carbons (Fsp3) is 0.632. The Balaban J connectivity index is 0.000000205. The first-order chi connectivity index (χ1) is 65.9. The Hall–Kier alpha value is -8.38. The van der Waals surface area contributed by atoms with Gasteiger partial charge in [0.25, 0.3) is 11.8 Å². The van der Waals surface area contributed by atoms with Crippen LogP contribution in [0.15, 0.2) is 182 Å². The molecule has 7 aliphatic rings. The number of hydrogen-bond acceptors (Lipinski definition) is 19. The molecule has 25 nitrogen and oxygen atoms in total. The zero-order chi connectivity index (χ0) is 102. The highest BCUT2D eigenvalue weighted by Crippen LogP contribution is 2.36. The van der Waals surface area contributed by atoms with E-state index in [-0.39, 0.29) is 74.7 Å². The normalized spacial score (nSPS) is 20.0. The number of amides is 6. The largest absolute Gasteiger partial charge is 0.393 e. The maximum Gasteiger partial charge on any atom is 0.251 e. The van der Waals surface area contributed by atoms with Crippen LogP contribution in [-0.2, 0) is 67.3 Å². The van der Waals surface area contributed by atoms with Crippen LogP contribution in [0.3, 0.4) is 0 Å². The number of hydrogen-bond donors (Lipinski definition) is 11. The molecule has 7 fully saturated rings.